The first-order valence-corrected chi connectivity index (χ1v) is 6.74. The predicted molar refractivity (Wildman–Crippen MR) is 79.2 cm³/mol. The molecule has 7 nitrogen and oxygen atoms in total. The van der Waals surface area contributed by atoms with Crippen molar-refractivity contribution in [2.45, 2.75) is 19.0 Å². The lowest BCUT2D eigenvalue weighted by Gasteiger charge is -2.09. The standard InChI is InChI=1S/C13H18F3N5O2/c1-18-10(22)5-3-7-23-11-6-2-4-9(20-11)21-12(17)19-8-13(14,15)16/h2,4,6H,3,5,7-8H2,1H3,(H,18,22)(H3,17,19,20,21). The van der Waals surface area contributed by atoms with Gasteiger partial charge in [-0.25, -0.2) is 4.99 Å². The van der Waals surface area contributed by atoms with Crippen LogP contribution in [0.5, 0.6) is 5.88 Å². The number of nitrogens with zero attached hydrogens (tertiary/aromatic N) is 2. The minimum atomic E-state index is -4.42. The van der Waals surface area contributed by atoms with Crippen molar-refractivity contribution < 1.29 is 22.7 Å². The molecule has 0 radical (unpaired) electrons. The van der Waals surface area contributed by atoms with Crippen LogP contribution in [0.4, 0.5) is 19.0 Å². The third-order valence-electron chi connectivity index (χ3n) is 2.49. The van der Waals surface area contributed by atoms with Gasteiger partial charge in [-0.2, -0.15) is 18.2 Å². The van der Waals surface area contributed by atoms with Crippen molar-refractivity contribution in [3.05, 3.63) is 18.2 Å². The molecule has 0 fully saturated rings. The second-order valence-corrected chi connectivity index (χ2v) is 4.43. The van der Waals surface area contributed by atoms with Gasteiger partial charge in [-0.05, 0) is 12.5 Å². The zero-order valence-electron chi connectivity index (χ0n) is 12.5. The summed E-state index contributed by atoms with van der Waals surface area (Å²) in [6.45, 7) is -1.09. The number of aliphatic imine (C=N–C) groups is 1. The number of rotatable bonds is 7. The fraction of sp³-hybridized carbons (Fsp3) is 0.462. The number of carbonyl (C=O) groups excluding carboxylic acids is 1. The van der Waals surface area contributed by atoms with Crippen molar-refractivity contribution in [2.75, 3.05) is 25.5 Å². The van der Waals surface area contributed by atoms with Gasteiger partial charge in [0.1, 0.15) is 12.4 Å². The monoisotopic (exact) mass is 333 g/mol. The van der Waals surface area contributed by atoms with Gasteiger partial charge in [0, 0.05) is 19.5 Å². The lowest BCUT2D eigenvalue weighted by molar-refractivity contribution is -0.121. The molecule has 0 saturated heterocycles. The molecular weight excluding hydrogens is 315 g/mol. The minimum absolute atomic E-state index is 0.0920. The van der Waals surface area contributed by atoms with Crippen molar-refractivity contribution >= 4 is 17.7 Å². The highest BCUT2D eigenvalue weighted by atomic mass is 19.4. The van der Waals surface area contributed by atoms with Gasteiger partial charge in [0.2, 0.25) is 11.8 Å². The van der Waals surface area contributed by atoms with Gasteiger partial charge in [0.25, 0.3) is 0 Å². The fourth-order valence-corrected chi connectivity index (χ4v) is 1.44. The average Bonchev–Trinajstić information content (AvgIpc) is 2.49. The number of hydrogen-bond donors (Lipinski definition) is 3. The van der Waals surface area contributed by atoms with E-state index in [1.54, 1.807) is 19.2 Å². The summed E-state index contributed by atoms with van der Waals surface area (Å²) in [4.78, 5) is 18.2. The normalized spacial score (nSPS) is 11.9. The maximum Gasteiger partial charge on any atom is 0.408 e. The average molecular weight is 333 g/mol. The Morgan fingerprint density at radius 1 is 1.43 bits per heavy atom. The summed E-state index contributed by atoms with van der Waals surface area (Å²) < 4.78 is 41.4. The zero-order chi connectivity index (χ0) is 17.3. The van der Waals surface area contributed by atoms with Crippen LogP contribution in [0, 0.1) is 0 Å². The number of halogens is 3. The third kappa shape index (κ3) is 8.49. The lowest BCUT2D eigenvalue weighted by Crippen LogP contribution is -2.26. The van der Waals surface area contributed by atoms with E-state index >= 15 is 0 Å². The molecule has 128 valence electrons. The molecule has 1 amide bonds. The highest BCUT2D eigenvalue weighted by Gasteiger charge is 2.26. The quantitative estimate of drug-likeness (QED) is 0.396. The molecule has 0 unspecified atom stereocenters. The summed E-state index contributed by atoms with van der Waals surface area (Å²) >= 11 is 0. The first-order valence-electron chi connectivity index (χ1n) is 6.74. The van der Waals surface area contributed by atoms with E-state index in [1.807, 2.05) is 0 Å². The van der Waals surface area contributed by atoms with E-state index in [1.165, 1.54) is 6.07 Å². The summed E-state index contributed by atoms with van der Waals surface area (Å²) in [5.41, 5.74) is 5.35. The molecule has 0 aromatic carbocycles. The Kier molecular flexibility index (Phi) is 7.10. The van der Waals surface area contributed by atoms with Crippen molar-refractivity contribution in [2.24, 2.45) is 10.7 Å². The maximum absolute atomic E-state index is 12.0. The summed E-state index contributed by atoms with van der Waals surface area (Å²) in [5, 5.41) is 4.93. The van der Waals surface area contributed by atoms with E-state index in [4.69, 9.17) is 10.5 Å². The number of anilines is 1. The van der Waals surface area contributed by atoms with Gasteiger partial charge < -0.3 is 21.1 Å². The fourth-order valence-electron chi connectivity index (χ4n) is 1.44. The summed E-state index contributed by atoms with van der Waals surface area (Å²) in [6, 6.07) is 4.68. The Balaban J connectivity index is 2.48. The van der Waals surface area contributed by atoms with Crippen LogP contribution in [-0.2, 0) is 4.79 Å². The Bertz CT molecular complexity index is 549. The largest absolute Gasteiger partial charge is 0.478 e. The van der Waals surface area contributed by atoms with Crippen LogP contribution in [0.3, 0.4) is 0 Å². The summed E-state index contributed by atoms with van der Waals surface area (Å²) in [7, 11) is 1.55. The van der Waals surface area contributed by atoms with E-state index in [2.05, 4.69) is 20.6 Å². The predicted octanol–water partition coefficient (Wildman–Crippen LogP) is 1.28. The van der Waals surface area contributed by atoms with E-state index < -0.39 is 18.7 Å². The SMILES string of the molecule is CNC(=O)CCCOc1cccc(NC(N)=NCC(F)(F)F)n1. The van der Waals surface area contributed by atoms with Gasteiger partial charge in [0.05, 0.1) is 6.61 Å². The zero-order valence-corrected chi connectivity index (χ0v) is 12.5. The van der Waals surface area contributed by atoms with E-state index in [9.17, 15) is 18.0 Å². The molecule has 23 heavy (non-hydrogen) atoms. The van der Waals surface area contributed by atoms with Gasteiger partial charge >= 0.3 is 6.18 Å². The highest BCUT2D eigenvalue weighted by Crippen LogP contribution is 2.15. The van der Waals surface area contributed by atoms with Gasteiger partial charge in [-0.3, -0.25) is 4.79 Å². The number of pyridine rings is 1. The van der Waals surface area contributed by atoms with Crippen molar-refractivity contribution in [3.8, 4) is 5.88 Å². The number of ether oxygens (including phenoxy) is 1. The molecular formula is C13H18F3N5O2. The number of amides is 1. The third-order valence-corrected chi connectivity index (χ3v) is 2.49. The van der Waals surface area contributed by atoms with E-state index in [0.717, 1.165) is 0 Å². The molecule has 0 aliphatic rings. The number of aromatic nitrogens is 1. The van der Waals surface area contributed by atoms with Crippen LogP contribution >= 0.6 is 0 Å². The number of nitrogens with one attached hydrogen (secondary N) is 2. The molecule has 10 heteroatoms. The Labute approximate surface area is 131 Å². The van der Waals surface area contributed by atoms with Gasteiger partial charge in [-0.15, -0.1) is 0 Å². The minimum Gasteiger partial charge on any atom is -0.478 e. The first-order chi connectivity index (χ1) is 10.8. The van der Waals surface area contributed by atoms with Crippen LogP contribution < -0.4 is 21.1 Å². The molecule has 1 rings (SSSR count). The maximum atomic E-state index is 12.0. The second-order valence-electron chi connectivity index (χ2n) is 4.43. The molecule has 1 aromatic heterocycles. The van der Waals surface area contributed by atoms with Crippen LogP contribution in [0.1, 0.15) is 12.8 Å². The van der Waals surface area contributed by atoms with E-state index in [0.29, 0.717) is 12.8 Å². The van der Waals surface area contributed by atoms with Gasteiger partial charge in [-0.1, -0.05) is 6.07 Å². The first kappa shape index (κ1) is 18.5. The van der Waals surface area contributed by atoms with Crippen molar-refractivity contribution in [1.82, 2.24) is 10.3 Å². The topological polar surface area (TPSA) is 102 Å². The van der Waals surface area contributed by atoms with E-state index in [-0.39, 0.29) is 24.2 Å². The van der Waals surface area contributed by atoms with Crippen LogP contribution in [0.2, 0.25) is 0 Å². The van der Waals surface area contributed by atoms with Crippen LogP contribution in [0.15, 0.2) is 23.2 Å². The molecule has 0 spiro atoms. The number of hydrogen-bond acceptors (Lipinski definition) is 4. The van der Waals surface area contributed by atoms with Crippen LogP contribution in [-0.4, -0.2) is 43.2 Å². The second kappa shape index (κ2) is 8.81. The molecule has 0 saturated carbocycles. The Morgan fingerprint density at radius 2 is 2.17 bits per heavy atom. The smallest absolute Gasteiger partial charge is 0.408 e. The molecule has 0 bridgehead atoms. The van der Waals surface area contributed by atoms with Crippen molar-refractivity contribution in [3.63, 3.8) is 0 Å². The Morgan fingerprint density at radius 3 is 2.83 bits per heavy atom. The number of carbonyl (C=O) groups is 1. The van der Waals surface area contributed by atoms with Crippen molar-refractivity contribution in [1.29, 1.82) is 0 Å². The molecule has 1 aromatic rings. The molecule has 0 atom stereocenters. The molecule has 0 aliphatic heterocycles. The Hall–Kier alpha value is -2.52. The molecule has 1 heterocycles. The molecule has 0 aliphatic carbocycles. The summed E-state index contributed by atoms with van der Waals surface area (Å²) in [6.07, 6.45) is -3.59. The number of guanidine groups is 1. The number of alkyl halides is 3. The molecule has 4 N–H and O–H groups in total. The number of nitrogens with two attached hydrogens (primary N) is 1. The van der Waals surface area contributed by atoms with Gasteiger partial charge in [0.15, 0.2) is 5.96 Å². The highest BCUT2D eigenvalue weighted by molar-refractivity contribution is 5.91. The van der Waals surface area contributed by atoms with Crippen LogP contribution in [0.25, 0.3) is 0 Å². The summed E-state index contributed by atoms with van der Waals surface area (Å²) in [5.74, 6) is -0.0232. The lowest BCUT2D eigenvalue weighted by atomic mass is 10.3.